The zero-order valence-corrected chi connectivity index (χ0v) is 10.5. The molecule has 3 heteroatoms. The van der Waals surface area contributed by atoms with Crippen LogP contribution in [0, 0.1) is 5.92 Å². The van der Waals surface area contributed by atoms with Gasteiger partial charge < -0.3 is 4.74 Å². The van der Waals surface area contributed by atoms with Gasteiger partial charge in [0.1, 0.15) is 11.9 Å². The molecule has 2 nitrogen and oxygen atoms in total. The Labute approximate surface area is 103 Å². The van der Waals surface area contributed by atoms with Crippen LogP contribution in [0.2, 0.25) is 0 Å². The molecule has 1 aliphatic carbocycles. The SMILES string of the molecule is O=C1c2cc(Br)ccc2O[C@@H]2CCCC[C@@H]12. The molecule has 84 valence electrons. The molecule has 16 heavy (non-hydrogen) atoms. The van der Waals surface area contributed by atoms with Crippen molar-refractivity contribution in [3.05, 3.63) is 28.2 Å². The lowest BCUT2D eigenvalue weighted by Crippen LogP contribution is -2.39. The lowest BCUT2D eigenvalue weighted by atomic mass is 9.79. The first-order valence-electron chi connectivity index (χ1n) is 5.76. The molecule has 1 aromatic rings. The fourth-order valence-electron chi connectivity index (χ4n) is 2.70. The molecule has 0 N–H and O–H groups in total. The van der Waals surface area contributed by atoms with Gasteiger partial charge in [-0.2, -0.15) is 0 Å². The van der Waals surface area contributed by atoms with Gasteiger partial charge in [-0.3, -0.25) is 4.79 Å². The molecule has 0 spiro atoms. The zero-order chi connectivity index (χ0) is 11.1. The molecule has 0 aromatic heterocycles. The van der Waals surface area contributed by atoms with Gasteiger partial charge in [-0.15, -0.1) is 0 Å². The molecule has 0 unspecified atom stereocenters. The first-order valence-corrected chi connectivity index (χ1v) is 6.55. The Kier molecular flexibility index (Phi) is 2.51. The summed E-state index contributed by atoms with van der Waals surface area (Å²) in [6, 6.07) is 5.69. The van der Waals surface area contributed by atoms with Crippen LogP contribution in [0.1, 0.15) is 36.0 Å². The van der Waals surface area contributed by atoms with E-state index in [4.69, 9.17) is 4.74 Å². The normalized spacial score (nSPS) is 27.9. The van der Waals surface area contributed by atoms with Crippen LogP contribution in [-0.4, -0.2) is 11.9 Å². The number of rotatable bonds is 0. The maximum atomic E-state index is 12.3. The van der Waals surface area contributed by atoms with Gasteiger partial charge in [-0.1, -0.05) is 22.4 Å². The first-order chi connectivity index (χ1) is 7.75. The summed E-state index contributed by atoms with van der Waals surface area (Å²) in [5.74, 6) is 1.12. The summed E-state index contributed by atoms with van der Waals surface area (Å²) in [5.41, 5.74) is 0.748. The van der Waals surface area contributed by atoms with Crippen molar-refractivity contribution in [3.8, 4) is 5.75 Å². The molecular formula is C13H13BrO2. The highest BCUT2D eigenvalue weighted by Gasteiger charge is 2.38. The number of ether oxygens (including phenoxy) is 1. The molecule has 2 atom stereocenters. The van der Waals surface area contributed by atoms with Crippen LogP contribution in [0.5, 0.6) is 5.75 Å². The average Bonchev–Trinajstić information content (AvgIpc) is 2.31. The number of benzene rings is 1. The Balaban J connectivity index is 2.03. The van der Waals surface area contributed by atoms with Crippen molar-refractivity contribution in [2.45, 2.75) is 31.8 Å². The van der Waals surface area contributed by atoms with Crippen molar-refractivity contribution >= 4 is 21.7 Å². The predicted octanol–water partition coefficient (Wildman–Crippen LogP) is 3.58. The molecule has 1 aliphatic heterocycles. The van der Waals surface area contributed by atoms with E-state index in [-0.39, 0.29) is 17.8 Å². The highest BCUT2D eigenvalue weighted by atomic mass is 79.9. The van der Waals surface area contributed by atoms with E-state index in [0.717, 1.165) is 35.0 Å². The van der Waals surface area contributed by atoms with E-state index in [1.54, 1.807) is 0 Å². The van der Waals surface area contributed by atoms with Gasteiger partial charge in [0, 0.05) is 4.47 Å². The molecular weight excluding hydrogens is 268 g/mol. The Hall–Kier alpha value is -0.830. The largest absolute Gasteiger partial charge is 0.489 e. The summed E-state index contributed by atoms with van der Waals surface area (Å²) in [7, 11) is 0. The number of hydrogen-bond acceptors (Lipinski definition) is 2. The van der Waals surface area contributed by atoms with Gasteiger partial charge in [0.2, 0.25) is 0 Å². The van der Waals surface area contributed by atoms with Gasteiger partial charge in [0.15, 0.2) is 5.78 Å². The lowest BCUT2D eigenvalue weighted by Gasteiger charge is -2.35. The standard InChI is InChI=1S/C13H13BrO2/c14-8-5-6-12-10(7-8)13(15)9-3-1-2-4-11(9)16-12/h5-7,9,11H,1-4H2/t9-,11-/m1/s1. The Morgan fingerprint density at radius 1 is 1.25 bits per heavy atom. The number of fused-ring (bicyclic) bond motifs is 2. The van der Waals surface area contributed by atoms with Crippen LogP contribution in [0.4, 0.5) is 0 Å². The molecule has 1 aromatic carbocycles. The molecule has 1 fully saturated rings. The summed E-state index contributed by atoms with van der Waals surface area (Å²) in [5, 5.41) is 0. The predicted molar refractivity (Wildman–Crippen MR) is 64.8 cm³/mol. The Bertz CT molecular complexity index is 442. The number of carbonyl (C=O) groups is 1. The minimum atomic E-state index is 0.0931. The van der Waals surface area contributed by atoms with E-state index < -0.39 is 0 Å². The fraction of sp³-hybridized carbons (Fsp3) is 0.462. The smallest absolute Gasteiger partial charge is 0.173 e. The van der Waals surface area contributed by atoms with Gasteiger partial charge in [0.05, 0.1) is 11.5 Å². The number of hydrogen-bond donors (Lipinski definition) is 0. The maximum Gasteiger partial charge on any atom is 0.173 e. The third-order valence-electron chi connectivity index (χ3n) is 3.52. The van der Waals surface area contributed by atoms with E-state index in [2.05, 4.69) is 15.9 Å². The van der Waals surface area contributed by atoms with Crippen molar-refractivity contribution in [1.29, 1.82) is 0 Å². The molecule has 0 radical (unpaired) electrons. The minimum absolute atomic E-state index is 0.0931. The number of carbonyl (C=O) groups excluding carboxylic acids is 1. The van der Waals surface area contributed by atoms with Crippen LogP contribution in [-0.2, 0) is 0 Å². The number of halogens is 1. The third-order valence-corrected chi connectivity index (χ3v) is 4.02. The van der Waals surface area contributed by atoms with Crippen molar-refractivity contribution in [3.63, 3.8) is 0 Å². The molecule has 3 rings (SSSR count). The van der Waals surface area contributed by atoms with Crippen LogP contribution in [0.3, 0.4) is 0 Å². The van der Waals surface area contributed by atoms with E-state index in [9.17, 15) is 4.79 Å². The van der Waals surface area contributed by atoms with Gasteiger partial charge in [-0.25, -0.2) is 0 Å². The maximum absolute atomic E-state index is 12.3. The first kappa shape index (κ1) is 10.3. The Morgan fingerprint density at radius 3 is 2.94 bits per heavy atom. The van der Waals surface area contributed by atoms with Crippen LogP contribution in [0.25, 0.3) is 0 Å². The summed E-state index contributed by atoms with van der Waals surface area (Å²) in [4.78, 5) is 12.3. The zero-order valence-electron chi connectivity index (χ0n) is 8.91. The van der Waals surface area contributed by atoms with Crippen LogP contribution < -0.4 is 4.74 Å². The topological polar surface area (TPSA) is 26.3 Å². The molecule has 2 aliphatic rings. The molecule has 0 bridgehead atoms. The summed E-state index contributed by atoms with van der Waals surface area (Å²) in [6.45, 7) is 0. The summed E-state index contributed by atoms with van der Waals surface area (Å²) in [6.07, 6.45) is 4.45. The van der Waals surface area contributed by atoms with Gasteiger partial charge in [-0.05, 0) is 37.5 Å². The van der Waals surface area contributed by atoms with Gasteiger partial charge in [0.25, 0.3) is 0 Å². The van der Waals surface area contributed by atoms with E-state index in [1.165, 1.54) is 6.42 Å². The van der Waals surface area contributed by atoms with E-state index in [0.29, 0.717) is 0 Å². The summed E-state index contributed by atoms with van der Waals surface area (Å²) >= 11 is 3.40. The molecule has 0 amide bonds. The average molecular weight is 281 g/mol. The van der Waals surface area contributed by atoms with Gasteiger partial charge >= 0.3 is 0 Å². The Morgan fingerprint density at radius 2 is 2.06 bits per heavy atom. The van der Waals surface area contributed by atoms with Crippen LogP contribution in [0.15, 0.2) is 22.7 Å². The highest BCUT2D eigenvalue weighted by Crippen LogP contribution is 2.38. The second-order valence-electron chi connectivity index (χ2n) is 4.55. The van der Waals surface area contributed by atoms with Crippen molar-refractivity contribution in [1.82, 2.24) is 0 Å². The number of ketones is 1. The number of Topliss-reactive ketones (excluding diaryl/α,β-unsaturated/α-hetero) is 1. The molecule has 1 heterocycles. The van der Waals surface area contributed by atoms with Crippen LogP contribution >= 0.6 is 15.9 Å². The van der Waals surface area contributed by atoms with Crippen molar-refractivity contribution < 1.29 is 9.53 Å². The third kappa shape index (κ3) is 1.58. The quantitative estimate of drug-likeness (QED) is 0.726. The van der Waals surface area contributed by atoms with Crippen molar-refractivity contribution in [2.24, 2.45) is 5.92 Å². The lowest BCUT2D eigenvalue weighted by molar-refractivity contribution is 0.0524. The highest BCUT2D eigenvalue weighted by molar-refractivity contribution is 9.10. The summed E-state index contributed by atoms with van der Waals surface area (Å²) < 4.78 is 6.86. The molecule has 0 saturated heterocycles. The monoisotopic (exact) mass is 280 g/mol. The van der Waals surface area contributed by atoms with E-state index >= 15 is 0 Å². The minimum Gasteiger partial charge on any atom is -0.489 e. The molecule has 1 saturated carbocycles. The van der Waals surface area contributed by atoms with E-state index in [1.807, 2.05) is 18.2 Å². The second-order valence-corrected chi connectivity index (χ2v) is 5.47. The van der Waals surface area contributed by atoms with Crippen molar-refractivity contribution in [2.75, 3.05) is 0 Å². The fourth-order valence-corrected chi connectivity index (χ4v) is 3.06. The second kappa shape index (κ2) is 3.88.